The van der Waals surface area contributed by atoms with Crippen molar-refractivity contribution in [2.75, 3.05) is 7.05 Å². The van der Waals surface area contributed by atoms with Crippen molar-refractivity contribution in [2.24, 2.45) is 0 Å². The fraction of sp³-hybridized carbons (Fsp3) is 0.333. The summed E-state index contributed by atoms with van der Waals surface area (Å²) in [5.41, 5.74) is 2.29. The summed E-state index contributed by atoms with van der Waals surface area (Å²) in [6.07, 6.45) is 0. The molecule has 0 heterocycles. The normalized spacial score (nSPS) is 11.9. The molecule has 0 atom stereocenters. The van der Waals surface area contributed by atoms with Gasteiger partial charge in [-0.3, -0.25) is 10.1 Å². The third-order valence-corrected chi connectivity index (χ3v) is 6.07. The maximum Gasteiger partial charge on any atom is 0.270 e. The van der Waals surface area contributed by atoms with Gasteiger partial charge < -0.3 is 0 Å². The van der Waals surface area contributed by atoms with Crippen LogP contribution in [0.1, 0.15) is 36.5 Å². The molecule has 0 bridgehead atoms. The van der Waals surface area contributed by atoms with Crippen LogP contribution in [0.15, 0.2) is 47.4 Å². The maximum atomic E-state index is 12.8. The molecule has 0 amide bonds. The molecular formula is C18H22N2O4S. The fourth-order valence-electron chi connectivity index (χ4n) is 2.50. The number of benzene rings is 2. The molecule has 0 aliphatic rings. The topological polar surface area (TPSA) is 80.5 Å². The molecule has 0 aliphatic heterocycles. The van der Waals surface area contributed by atoms with Crippen LogP contribution in [0.2, 0.25) is 0 Å². The lowest BCUT2D eigenvalue weighted by Gasteiger charge is -2.19. The Kier molecular flexibility index (Phi) is 5.59. The minimum Gasteiger partial charge on any atom is -0.258 e. The molecule has 0 fully saturated rings. The van der Waals surface area contributed by atoms with Crippen molar-refractivity contribution in [3.05, 3.63) is 69.3 Å². The van der Waals surface area contributed by atoms with Crippen LogP contribution in [-0.4, -0.2) is 24.7 Å². The summed E-state index contributed by atoms with van der Waals surface area (Å²) in [6, 6.07) is 11.7. The van der Waals surface area contributed by atoms with Gasteiger partial charge in [0.2, 0.25) is 10.0 Å². The Bertz CT molecular complexity index is 874. The monoisotopic (exact) mass is 362 g/mol. The van der Waals surface area contributed by atoms with Crippen LogP contribution in [0.3, 0.4) is 0 Å². The summed E-state index contributed by atoms with van der Waals surface area (Å²) < 4.78 is 26.8. The van der Waals surface area contributed by atoms with Gasteiger partial charge in [-0.05, 0) is 29.5 Å². The minimum atomic E-state index is -3.82. The quantitative estimate of drug-likeness (QED) is 0.577. The van der Waals surface area contributed by atoms with Gasteiger partial charge in [-0.25, -0.2) is 8.42 Å². The van der Waals surface area contributed by atoms with Crippen LogP contribution in [0.4, 0.5) is 5.69 Å². The van der Waals surface area contributed by atoms with E-state index in [0.29, 0.717) is 11.5 Å². The lowest BCUT2D eigenvalue weighted by Crippen LogP contribution is -2.27. The van der Waals surface area contributed by atoms with E-state index in [1.165, 1.54) is 29.0 Å². The first-order chi connectivity index (χ1) is 11.6. The predicted molar refractivity (Wildman–Crippen MR) is 97.0 cm³/mol. The average molecular weight is 362 g/mol. The summed E-state index contributed by atoms with van der Waals surface area (Å²) >= 11 is 0. The molecule has 134 valence electrons. The Morgan fingerprint density at radius 2 is 1.72 bits per heavy atom. The molecule has 0 saturated heterocycles. The van der Waals surface area contributed by atoms with Crippen molar-refractivity contribution >= 4 is 15.7 Å². The average Bonchev–Trinajstić information content (AvgIpc) is 2.55. The van der Waals surface area contributed by atoms with Gasteiger partial charge in [-0.1, -0.05) is 44.2 Å². The number of aryl methyl sites for hydroxylation is 1. The molecule has 0 aliphatic carbocycles. The van der Waals surface area contributed by atoms with Crippen LogP contribution in [0.25, 0.3) is 0 Å². The van der Waals surface area contributed by atoms with Gasteiger partial charge in [0.1, 0.15) is 0 Å². The zero-order chi connectivity index (χ0) is 18.8. The number of nitro groups is 1. The van der Waals surface area contributed by atoms with E-state index in [-0.39, 0.29) is 17.1 Å². The molecule has 0 saturated carbocycles. The maximum absolute atomic E-state index is 12.8. The van der Waals surface area contributed by atoms with Crippen LogP contribution in [0.5, 0.6) is 0 Å². The Hall–Kier alpha value is -2.25. The highest BCUT2D eigenvalue weighted by molar-refractivity contribution is 7.89. The molecule has 7 heteroatoms. The van der Waals surface area contributed by atoms with Crippen molar-refractivity contribution in [1.29, 1.82) is 0 Å². The minimum absolute atomic E-state index is 0.0389. The highest BCUT2D eigenvalue weighted by atomic mass is 32.2. The Morgan fingerprint density at radius 1 is 1.12 bits per heavy atom. The van der Waals surface area contributed by atoms with Crippen molar-refractivity contribution < 1.29 is 13.3 Å². The highest BCUT2D eigenvalue weighted by Crippen LogP contribution is 2.25. The first-order valence-corrected chi connectivity index (χ1v) is 9.37. The van der Waals surface area contributed by atoms with Gasteiger partial charge in [0, 0.05) is 25.7 Å². The molecule has 2 rings (SSSR count). The van der Waals surface area contributed by atoms with Gasteiger partial charge in [0.05, 0.1) is 9.82 Å². The Morgan fingerprint density at radius 3 is 2.24 bits per heavy atom. The van der Waals surface area contributed by atoms with E-state index in [9.17, 15) is 18.5 Å². The third kappa shape index (κ3) is 4.24. The number of hydrogen-bond donors (Lipinski definition) is 0. The van der Waals surface area contributed by atoms with E-state index in [0.717, 1.165) is 11.6 Å². The molecule has 0 spiro atoms. The standard InChI is InChI=1S/C18H22N2O4S/c1-13(2)16-8-6-15(7-9-16)12-19(4)25(23,24)18-11-17(20(21)22)10-5-14(18)3/h5-11,13H,12H2,1-4H3. The zero-order valence-corrected chi connectivity index (χ0v) is 15.6. The number of rotatable bonds is 6. The van der Waals surface area contributed by atoms with Crippen molar-refractivity contribution in [2.45, 2.75) is 38.1 Å². The first-order valence-electron chi connectivity index (χ1n) is 7.93. The summed E-state index contributed by atoms with van der Waals surface area (Å²) in [5, 5.41) is 10.9. The Balaban J connectivity index is 2.30. The second kappa shape index (κ2) is 7.33. The van der Waals surface area contributed by atoms with Gasteiger partial charge in [-0.15, -0.1) is 0 Å². The summed E-state index contributed by atoms with van der Waals surface area (Å²) in [7, 11) is -2.35. The van der Waals surface area contributed by atoms with E-state index < -0.39 is 14.9 Å². The molecule has 2 aromatic rings. The van der Waals surface area contributed by atoms with Crippen LogP contribution in [0, 0.1) is 17.0 Å². The molecule has 0 unspecified atom stereocenters. The Labute approximate surface area is 148 Å². The molecule has 0 aromatic heterocycles. The number of non-ortho nitro benzene ring substituents is 1. The predicted octanol–water partition coefficient (Wildman–Crippen LogP) is 3.85. The molecule has 0 radical (unpaired) electrons. The van der Waals surface area contributed by atoms with Gasteiger partial charge in [0.15, 0.2) is 0 Å². The highest BCUT2D eigenvalue weighted by Gasteiger charge is 2.25. The van der Waals surface area contributed by atoms with Crippen LogP contribution in [-0.2, 0) is 16.6 Å². The van der Waals surface area contributed by atoms with Gasteiger partial charge in [0.25, 0.3) is 5.69 Å². The second-order valence-electron chi connectivity index (χ2n) is 6.36. The number of nitro benzene ring substituents is 1. The number of hydrogen-bond acceptors (Lipinski definition) is 4. The summed E-state index contributed by atoms with van der Waals surface area (Å²) in [6.45, 7) is 6.01. The van der Waals surface area contributed by atoms with E-state index in [2.05, 4.69) is 13.8 Å². The second-order valence-corrected chi connectivity index (χ2v) is 8.38. The zero-order valence-electron chi connectivity index (χ0n) is 14.8. The fourth-order valence-corrected chi connectivity index (χ4v) is 3.90. The largest absolute Gasteiger partial charge is 0.270 e. The third-order valence-electron chi connectivity index (χ3n) is 4.12. The number of nitrogens with zero attached hydrogens (tertiary/aromatic N) is 2. The SMILES string of the molecule is Cc1ccc([N+](=O)[O-])cc1S(=O)(=O)N(C)Cc1ccc(C(C)C)cc1. The lowest BCUT2D eigenvalue weighted by atomic mass is 10.0. The van der Waals surface area contributed by atoms with Crippen molar-refractivity contribution in [3.8, 4) is 0 Å². The number of sulfonamides is 1. The summed E-state index contributed by atoms with van der Waals surface area (Å²) in [4.78, 5) is 10.3. The first kappa shape index (κ1) is 19.1. The van der Waals surface area contributed by atoms with E-state index in [1.54, 1.807) is 6.92 Å². The smallest absolute Gasteiger partial charge is 0.258 e. The van der Waals surface area contributed by atoms with Crippen LogP contribution >= 0.6 is 0 Å². The summed E-state index contributed by atoms with van der Waals surface area (Å²) in [5.74, 6) is 0.406. The van der Waals surface area contributed by atoms with Crippen LogP contribution < -0.4 is 0 Å². The molecule has 25 heavy (non-hydrogen) atoms. The molecule has 2 aromatic carbocycles. The molecule has 0 N–H and O–H groups in total. The van der Waals surface area contributed by atoms with Crippen molar-refractivity contribution in [3.63, 3.8) is 0 Å². The molecular weight excluding hydrogens is 340 g/mol. The van der Waals surface area contributed by atoms with Crippen molar-refractivity contribution in [1.82, 2.24) is 4.31 Å². The van der Waals surface area contributed by atoms with Gasteiger partial charge >= 0.3 is 0 Å². The lowest BCUT2D eigenvalue weighted by molar-refractivity contribution is -0.385. The van der Waals surface area contributed by atoms with E-state index in [1.807, 2.05) is 24.3 Å². The molecule has 6 nitrogen and oxygen atoms in total. The van der Waals surface area contributed by atoms with E-state index in [4.69, 9.17) is 0 Å². The van der Waals surface area contributed by atoms with Gasteiger partial charge in [-0.2, -0.15) is 4.31 Å². The van der Waals surface area contributed by atoms with E-state index >= 15 is 0 Å².